The van der Waals surface area contributed by atoms with E-state index in [-0.39, 0.29) is 12.0 Å². The number of halogens is 1. The van der Waals surface area contributed by atoms with Crippen LogP contribution in [0.25, 0.3) is 0 Å². The molecule has 0 spiro atoms. The molecule has 2 rings (SSSR count). The minimum absolute atomic E-state index is 0.0792. The fourth-order valence-electron chi connectivity index (χ4n) is 2.95. The minimum Gasteiger partial charge on any atom is -0.380 e. The Morgan fingerprint density at radius 1 is 1.30 bits per heavy atom. The summed E-state index contributed by atoms with van der Waals surface area (Å²) < 4.78 is 7.86. The highest BCUT2D eigenvalue weighted by Crippen LogP contribution is 2.29. The van der Waals surface area contributed by atoms with Gasteiger partial charge in [-0.25, -0.2) is 0 Å². The number of nitrogens with zero attached hydrogens (tertiary/aromatic N) is 2. The van der Waals surface area contributed by atoms with Gasteiger partial charge in [-0.1, -0.05) is 36.7 Å². The van der Waals surface area contributed by atoms with Crippen LogP contribution in [-0.4, -0.2) is 23.0 Å². The quantitative estimate of drug-likeness (QED) is 0.613. The van der Waals surface area contributed by atoms with Crippen LogP contribution < -0.4 is 0 Å². The van der Waals surface area contributed by atoms with Crippen LogP contribution in [0, 0.1) is 0 Å². The number of rotatable bonds is 9. The number of aromatic nitrogens is 2. The van der Waals surface area contributed by atoms with Gasteiger partial charge in [0.2, 0.25) is 0 Å². The van der Waals surface area contributed by atoms with Crippen LogP contribution in [-0.2, 0) is 17.7 Å². The van der Waals surface area contributed by atoms with Gasteiger partial charge in [-0.15, -0.1) is 6.58 Å². The van der Waals surface area contributed by atoms with E-state index in [0.717, 1.165) is 30.8 Å². The van der Waals surface area contributed by atoms with Crippen molar-refractivity contribution in [3.63, 3.8) is 0 Å². The molecule has 23 heavy (non-hydrogen) atoms. The van der Waals surface area contributed by atoms with Gasteiger partial charge >= 0.3 is 0 Å². The number of ether oxygens (including phenoxy) is 1. The fraction of sp³-hybridized carbons (Fsp3) is 0.421. The van der Waals surface area contributed by atoms with Crippen LogP contribution in [0.1, 0.15) is 36.9 Å². The predicted molar refractivity (Wildman–Crippen MR) is 96.0 cm³/mol. The standard InChI is InChI=1S/C19H25ClN2O/c1-4-6-19(23-3)17(14-15-7-9-16(20)10-8-15)18-11-12-21-22(18)13-5-2/h4,7-12,17,19H,1,5-6,13-14H2,2-3H3/t17-,19-/m1/s1. The highest BCUT2D eigenvalue weighted by Gasteiger charge is 2.25. The minimum atomic E-state index is 0.0792. The van der Waals surface area contributed by atoms with Gasteiger partial charge in [0, 0.05) is 36.5 Å². The van der Waals surface area contributed by atoms with Crippen molar-refractivity contribution in [3.8, 4) is 0 Å². The van der Waals surface area contributed by atoms with Crippen LogP contribution in [0.5, 0.6) is 0 Å². The maximum Gasteiger partial charge on any atom is 0.0692 e. The Hall–Kier alpha value is -1.58. The molecule has 1 aromatic carbocycles. The van der Waals surface area contributed by atoms with Gasteiger partial charge in [-0.2, -0.15) is 5.10 Å². The van der Waals surface area contributed by atoms with Crippen molar-refractivity contribution in [3.05, 3.63) is 65.5 Å². The third-order valence-corrected chi connectivity index (χ3v) is 4.34. The molecule has 0 fully saturated rings. The molecule has 0 saturated heterocycles. The maximum atomic E-state index is 6.00. The van der Waals surface area contributed by atoms with Gasteiger partial charge in [0.1, 0.15) is 0 Å². The third-order valence-electron chi connectivity index (χ3n) is 4.08. The Balaban J connectivity index is 2.32. The van der Waals surface area contributed by atoms with Gasteiger partial charge < -0.3 is 4.74 Å². The third kappa shape index (κ3) is 4.69. The monoisotopic (exact) mass is 332 g/mol. The molecule has 4 heteroatoms. The summed E-state index contributed by atoms with van der Waals surface area (Å²) in [5.41, 5.74) is 2.46. The Morgan fingerprint density at radius 2 is 2.04 bits per heavy atom. The fourth-order valence-corrected chi connectivity index (χ4v) is 3.07. The SMILES string of the molecule is C=CC[C@@H](OC)[C@H](Cc1ccc(Cl)cc1)c1ccnn1CCC. The molecule has 0 aliphatic heterocycles. The van der Waals surface area contributed by atoms with Crippen LogP contribution in [0.2, 0.25) is 5.02 Å². The summed E-state index contributed by atoms with van der Waals surface area (Å²) in [6.07, 6.45) is 6.63. The van der Waals surface area contributed by atoms with E-state index in [9.17, 15) is 0 Å². The van der Waals surface area contributed by atoms with Crippen LogP contribution in [0.15, 0.2) is 49.2 Å². The zero-order valence-corrected chi connectivity index (χ0v) is 14.7. The van der Waals surface area contributed by atoms with Crippen LogP contribution in [0.3, 0.4) is 0 Å². The molecule has 1 aromatic heterocycles. The first-order valence-corrected chi connectivity index (χ1v) is 8.47. The summed E-state index contributed by atoms with van der Waals surface area (Å²) in [6.45, 7) is 6.95. The maximum absolute atomic E-state index is 6.00. The van der Waals surface area contributed by atoms with E-state index in [1.54, 1.807) is 7.11 Å². The van der Waals surface area contributed by atoms with E-state index in [1.807, 2.05) is 24.4 Å². The Morgan fingerprint density at radius 3 is 2.65 bits per heavy atom. The molecule has 0 amide bonds. The first kappa shape index (κ1) is 17.8. The second kappa shape index (κ2) is 8.90. The van der Waals surface area contributed by atoms with E-state index >= 15 is 0 Å². The second-order valence-corrected chi connectivity index (χ2v) is 6.15. The molecule has 1 heterocycles. The molecule has 3 nitrogen and oxygen atoms in total. The molecule has 0 aliphatic rings. The van der Waals surface area contributed by atoms with Crippen molar-refractivity contribution in [1.29, 1.82) is 0 Å². The highest BCUT2D eigenvalue weighted by atomic mass is 35.5. The lowest BCUT2D eigenvalue weighted by Crippen LogP contribution is -2.25. The van der Waals surface area contributed by atoms with Gasteiger partial charge in [0.25, 0.3) is 0 Å². The lowest BCUT2D eigenvalue weighted by Gasteiger charge is -2.26. The van der Waals surface area contributed by atoms with E-state index in [1.165, 1.54) is 11.3 Å². The lowest BCUT2D eigenvalue weighted by atomic mass is 9.89. The molecule has 2 aromatic rings. The van der Waals surface area contributed by atoms with Gasteiger partial charge in [-0.05, 0) is 43.0 Å². The molecule has 124 valence electrons. The Bertz CT molecular complexity index is 606. The summed E-state index contributed by atoms with van der Waals surface area (Å²) >= 11 is 6.00. The second-order valence-electron chi connectivity index (χ2n) is 5.71. The first-order chi connectivity index (χ1) is 11.2. The number of benzene rings is 1. The van der Waals surface area contributed by atoms with Crippen molar-refractivity contribution in [1.82, 2.24) is 9.78 Å². The van der Waals surface area contributed by atoms with Gasteiger partial charge in [0.15, 0.2) is 0 Å². The lowest BCUT2D eigenvalue weighted by molar-refractivity contribution is 0.0782. The first-order valence-electron chi connectivity index (χ1n) is 8.09. The van der Waals surface area contributed by atoms with E-state index in [4.69, 9.17) is 16.3 Å². The Kier molecular flexibility index (Phi) is 6.87. The van der Waals surface area contributed by atoms with Crippen molar-refractivity contribution < 1.29 is 4.74 Å². The zero-order chi connectivity index (χ0) is 16.7. The smallest absolute Gasteiger partial charge is 0.0692 e. The van der Waals surface area contributed by atoms with Crippen molar-refractivity contribution in [2.75, 3.05) is 7.11 Å². The molecule has 0 N–H and O–H groups in total. The molecule has 0 aliphatic carbocycles. The molecule has 2 atom stereocenters. The van der Waals surface area contributed by atoms with Crippen LogP contribution in [0.4, 0.5) is 0 Å². The van der Waals surface area contributed by atoms with E-state index in [2.05, 4.69) is 41.5 Å². The van der Waals surface area contributed by atoms with Crippen molar-refractivity contribution in [2.24, 2.45) is 0 Å². The van der Waals surface area contributed by atoms with Crippen LogP contribution >= 0.6 is 11.6 Å². The largest absolute Gasteiger partial charge is 0.380 e. The van der Waals surface area contributed by atoms with Gasteiger partial charge in [0.05, 0.1) is 6.10 Å². The average molecular weight is 333 g/mol. The predicted octanol–water partition coefficient (Wildman–Crippen LogP) is 4.86. The summed E-state index contributed by atoms with van der Waals surface area (Å²) in [5.74, 6) is 0.230. The molecular formula is C19H25ClN2O. The summed E-state index contributed by atoms with van der Waals surface area (Å²) in [6, 6.07) is 10.1. The molecule has 0 unspecified atom stereocenters. The van der Waals surface area contributed by atoms with Gasteiger partial charge in [-0.3, -0.25) is 4.68 Å². The van der Waals surface area contributed by atoms with Crippen molar-refractivity contribution in [2.45, 2.75) is 44.8 Å². The normalized spacial score (nSPS) is 13.7. The van der Waals surface area contributed by atoms with Crippen molar-refractivity contribution >= 4 is 11.6 Å². The van der Waals surface area contributed by atoms with E-state index in [0.29, 0.717) is 0 Å². The molecule has 0 saturated carbocycles. The molecular weight excluding hydrogens is 308 g/mol. The van der Waals surface area contributed by atoms with E-state index < -0.39 is 0 Å². The number of hydrogen-bond donors (Lipinski definition) is 0. The topological polar surface area (TPSA) is 27.1 Å². The Labute approximate surface area is 143 Å². The highest BCUT2D eigenvalue weighted by molar-refractivity contribution is 6.30. The number of hydrogen-bond acceptors (Lipinski definition) is 2. The number of aryl methyl sites for hydroxylation is 1. The average Bonchev–Trinajstić information content (AvgIpc) is 3.01. The zero-order valence-electron chi connectivity index (χ0n) is 13.9. The number of methoxy groups -OCH3 is 1. The molecule has 0 radical (unpaired) electrons. The molecule has 0 bridgehead atoms. The summed E-state index contributed by atoms with van der Waals surface area (Å²) in [5, 5.41) is 5.23. The summed E-state index contributed by atoms with van der Waals surface area (Å²) in [4.78, 5) is 0. The summed E-state index contributed by atoms with van der Waals surface area (Å²) in [7, 11) is 1.77.